The fraction of sp³-hybridized carbons (Fsp3) is 0.500. The Morgan fingerprint density at radius 3 is 2.24 bits per heavy atom. The number of methoxy groups -OCH3 is 2. The second kappa shape index (κ2) is 7.78. The van der Waals surface area contributed by atoms with Crippen LogP contribution in [0.2, 0.25) is 0 Å². The molecule has 21 heavy (non-hydrogen) atoms. The zero-order chi connectivity index (χ0) is 15.9. The van der Waals surface area contributed by atoms with E-state index in [1.54, 1.807) is 13.8 Å². The summed E-state index contributed by atoms with van der Waals surface area (Å²) in [6, 6.07) is 9.79. The minimum Gasteiger partial charge on any atom is -0.469 e. The molecule has 0 radical (unpaired) electrons. The minimum absolute atomic E-state index is 0.226. The molecule has 0 saturated carbocycles. The van der Waals surface area contributed by atoms with E-state index in [1.165, 1.54) is 14.2 Å². The van der Waals surface area contributed by atoms with Crippen molar-refractivity contribution in [3.63, 3.8) is 0 Å². The van der Waals surface area contributed by atoms with E-state index in [9.17, 15) is 9.59 Å². The molecule has 0 amide bonds. The topological polar surface area (TPSA) is 55.8 Å². The molecule has 0 atom stereocenters. The van der Waals surface area contributed by atoms with Crippen molar-refractivity contribution in [2.75, 3.05) is 20.8 Å². The summed E-state index contributed by atoms with van der Waals surface area (Å²) in [5.41, 5.74) is 0.248. The van der Waals surface area contributed by atoms with Crippen molar-refractivity contribution in [1.82, 2.24) is 4.90 Å². The third-order valence-corrected chi connectivity index (χ3v) is 3.51. The van der Waals surface area contributed by atoms with E-state index in [4.69, 9.17) is 4.74 Å². The van der Waals surface area contributed by atoms with Gasteiger partial charge in [0, 0.05) is 13.1 Å². The fourth-order valence-electron chi connectivity index (χ4n) is 2.07. The van der Waals surface area contributed by atoms with Gasteiger partial charge in [-0.3, -0.25) is 14.5 Å². The number of carbonyl (C=O) groups excluding carboxylic acids is 2. The first kappa shape index (κ1) is 17.2. The molecule has 0 heterocycles. The number of ether oxygens (including phenoxy) is 2. The Balaban J connectivity index is 2.88. The van der Waals surface area contributed by atoms with Gasteiger partial charge in [-0.25, -0.2) is 0 Å². The van der Waals surface area contributed by atoms with Crippen LogP contribution < -0.4 is 0 Å². The van der Waals surface area contributed by atoms with Gasteiger partial charge in [0.1, 0.15) is 5.54 Å². The monoisotopic (exact) mass is 293 g/mol. The maximum Gasteiger partial charge on any atom is 0.325 e. The third kappa shape index (κ3) is 4.86. The number of benzene rings is 1. The summed E-state index contributed by atoms with van der Waals surface area (Å²) in [6.07, 6.45) is 0.226. The van der Waals surface area contributed by atoms with Crippen LogP contribution in [0.3, 0.4) is 0 Å². The third-order valence-electron chi connectivity index (χ3n) is 3.51. The van der Waals surface area contributed by atoms with Crippen molar-refractivity contribution < 1.29 is 19.1 Å². The molecule has 0 N–H and O–H groups in total. The van der Waals surface area contributed by atoms with Crippen LogP contribution in [0.25, 0.3) is 0 Å². The number of carbonyl (C=O) groups is 2. The lowest BCUT2D eigenvalue weighted by atomic mass is 10.0. The summed E-state index contributed by atoms with van der Waals surface area (Å²) in [6.45, 7) is 4.56. The van der Waals surface area contributed by atoms with Crippen molar-refractivity contribution in [3.8, 4) is 0 Å². The lowest BCUT2D eigenvalue weighted by Gasteiger charge is -2.36. The number of esters is 2. The summed E-state index contributed by atoms with van der Waals surface area (Å²) < 4.78 is 9.54. The van der Waals surface area contributed by atoms with Crippen LogP contribution in [0, 0.1) is 0 Å². The molecular formula is C16H23NO4. The van der Waals surface area contributed by atoms with Crippen molar-refractivity contribution in [2.45, 2.75) is 32.4 Å². The highest BCUT2D eigenvalue weighted by Crippen LogP contribution is 2.20. The number of hydrogen-bond donors (Lipinski definition) is 0. The lowest BCUT2D eigenvalue weighted by molar-refractivity contribution is -0.155. The van der Waals surface area contributed by atoms with Crippen LogP contribution in [0.1, 0.15) is 25.8 Å². The second-order valence-corrected chi connectivity index (χ2v) is 5.28. The first-order chi connectivity index (χ1) is 9.91. The Morgan fingerprint density at radius 1 is 1.10 bits per heavy atom. The molecule has 1 rings (SSSR count). The Morgan fingerprint density at radius 2 is 1.71 bits per heavy atom. The van der Waals surface area contributed by atoms with Gasteiger partial charge in [-0.1, -0.05) is 30.3 Å². The first-order valence-corrected chi connectivity index (χ1v) is 6.86. The average molecular weight is 293 g/mol. The molecule has 0 aromatic heterocycles. The summed E-state index contributed by atoms with van der Waals surface area (Å²) in [7, 11) is 2.72. The van der Waals surface area contributed by atoms with Gasteiger partial charge in [0.2, 0.25) is 0 Å². The van der Waals surface area contributed by atoms with E-state index in [0.29, 0.717) is 13.1 Å². The van der Waals surface area contributed by atoms with Crippen LogP contribution >= 0.6 is 0 Å². The number of rotatable bonds is 7. The molecule has 0 aliphatic carbocycles. The zero-order valence-corrected chi connectivity index (χ0v) is 13.1. The molecule has 0 saturated heterocycles. The first-order valence-electron chi connectivity index (χ1n) is 6.86. The van der Waals surface area contributed by atoms with Crippen LogP contribution in [-0.2, 0) is 25.6 Å². The number of nitrogens with zero attached hydrogens (tertiary/aromatic N) is 1. The molecule has 0 spiro atoms. The van der Waals surface area contributed by atoms with Crippen LogP contribution in [0.4, 0.5) is 0 Å². The lowest BCUT2D eigenvalue weighted by Crippen LogP contribution is -2.51. The van der Waals surface area contributed by atoms with Gasteiger partial charge in [0.15, 0.2) is 0 Å². The Kier molecular flexibility index (Phi) is 6.37. The van der Waals surface area contributed by atoms with Crippen molar-refractivity contribution in [2.24, 2.45) is 0 Å². The summed E-state index contributed by atoms with van der Waals surface area (Å²) in [5.74, 6) is -0.628. The molecule has 1 aromatic rings. The van der Waals surface area contributed by atoms with Gasteiger partial charge in [0.05, 0.1) is 20.6 Å². The molecule has 1 aromatic carbocycles. The minimum atomic E-state index is -0.821. The van der Waals surface area contributed by atoms with Crippen LogP contribution in [0.5, 0.6) is 0 Å². The Labute approximate surface area is 125 Å². The molecule has 0 bridgehead atoms. The fourth-order valence-corrected chi connectivity index (χ4v) is 2.07. The van der Waals surface area contributed by atoms with Crippen molar-refractivity contribution in [3.05, 3.63) is 35.9 Å². The summed E-state index contributed by atoms with van der Waals surface area (Å²) in [5, 5.41) is 0. The molecule has 0 fully saturated rings. The maximum absolute atomic E-state index is 12.0. The Hall–Kier alpha value is -1.88. The maximum atomic E-state index is 12.0. The number of hydrogen-bond acceptors (Lipinski definition) is 5. The molecule has 0 aliphatic heterocycles. The predicted molar refractivity (Wildman–Crippen MR) is 79.6 cm³/mol. The van der Waals surface area contributed by atoms with Gasteiger partial charge in [-0.2, -0.15) is 0 Å². The normalized spacial score (nSPS) is 11.3. The summed E-state index contributed by atoms with van der Waals surface area (Å²) >= 11 is 0. The quantitative estimate of drug-likeness (QED) is 0.720. The molecule has 0 unspecified atom stereocenters. The smallest absolute Gasteiger partial charge is 0.325 e. The SMILES string of the molecule is COC(=O)CCN(Cc1ccccc1)C(C)(C)C(=O)OC. The molecule has 116 valence electrons. The van der Waals surface area contributed by atoms with E-state index in [0.717, 1.165) is 5.56 Å². The second-order valence-electron chi connectivity index (χ2n) is 5.28. The van der Waals surface area contributed by atoms with Crippen LogP contribution in [-0.4, -0.2) is 43.1 Å². The average Bonchev–Trinajstić information content (AvgIpc) is 2.50. The zero-order valence-electron chi connectivity index (χ0n) is 13.1. The standard InChI is InChI=1S/C16H23NO4/c1-16(2,15(19)21-4)17(11-10-14(18)20-3)12-13-8-6-5-7-9-13/h5-9H,10-12H2,1-4H3. The van der Waals surface area contributed by atoms with E-state index in [-0.39, 0.29) is 18.4 Å². The van der Waals surface area contributed by atoms with Gasteiger partial charge in [-0.05, 0) is 19.4 Å². The Bertz CT molecular complexity index is 470. The van der Waals surface area contributed by atoms with Gasteiger partial charge < -0.3 is 9.47 Å². The summed E-state index contributed by atoms with van der Waals surface area (Å²) in [4.78, 5) is 25.3. The largest absolute Gasteiger partial charge is 0.469 e. The van der Waals surface area contributed by atoms with Gasteiger partial charge in [0.25, 0.3) is 0 Å². The molecule has 5 heteroatoms. The van der Waals surface area contributed by atoms with Crippen molar-refractivity contribution >= 4 is 11.9 Å². The molecular weight excluding hydrogens is 270 g/mol. The molecule has 0 aliphatic rings. The molecule has 5 nitrogen and oxygen atoms in total. The van der Waals surface area contributed by atoms with E-state index in [1.807, 2.05) is 35.2 Å². The van der Waals surface area contributed by atoms with E-state index >= 15 is 0 Å². The van der Waals surface area contributed by atoms with Crippen LogP contribution in [0.15, 0.2) is 30.3 Å². The predicted octanol–water partition coefficient (Wildman–Crippen LogP) is 2.00. The highest BCUT2D eigenvalue weighted by atomic mass is 16.5. The van der Waals surface area contributed by atoms with E-state index < -0.39 is 5.54 Å². The highest BCUT2D eigenvalue weighted by molar-refractivity contribution is 5.79. The van der Waals surface area contributed by atoms with E-state index in [2.05, 4.69) is 4.74 Å². The highest BCUT2D eigenvalue weighted by Gasteiger charge is 2.35. The van der Waals surface area contributed by atoms with Gasteiger partial charge >= 0.3 is 11.9 Å². The van der Waals surface area contributed by atoms with Gasteiger partial charge in [-0.15, -0.1) is 0 Å². The van der Waals surface area contributed by atoms with Crippen molar-refractivity contribution in [1.29, 1.82) is 0 Å².